The van der Waals surface area contributed by atoms with Gasteiger partial charge in [0.2, 0.25) is 0 Å². The van der Waals surface area contributed by atoms with E-state index in [-0.39, 0.29) is 30.4 Å². The highest BCUT2D eigenvalue weighted by Gasteiger charge is 2.39. The molecule has 2 aromatic rings. The third-order valence-electron chi connectivity index (χ3n) is 5.73. The minimum atomic E-state index is 0. The van der Waals surface area contributed by atoms with Crippen LogP contribution in [-0.2, 0) is 11.3 Å². The molecule has 2 aliphatic rings. The van der Waals surface area contributed by atoms with Crippen LogP contribution in [-0.4, -0.2) is 53.5 Å². The Kier molecular flexibility index (Phi) is 8.13. The van der Waals surface area contributed by atoms with Gasteiger partial charge in [0.05, 0.1) is 11.3 Å². The van der Waals surface area contributed by atoms with Crippen LogP contribution in [0.1, 0.15) is 31.4 Å². The van der Waals surface area contributed by atoms with Crippen molar-refractivity contribution in [2.45, 2.75) is 43.9 Å². The van der Waals surface area contributed by atoms with Gasteiger partial charge in [0.1, 0.15) is 0 Å². The van der Waals surface area contributed by atoms with Crippen LogP contribution in [0.5, 0.6) is 0 Å². The number of halogens is 2. The molecule has 0 radical (unpaired) electrons. The number of rotatable bonds is 4. The topological polar surface area (TPSA) is 53.2 Å². The molecule has 0 saturated carbocycles. The standard InChI is InChI=1S/C20H28N4O.2ClH/c1-24(18-7-12-25-20(14-18)8-10-21-11-9-20)15-17-13-19(23-22-17)16-5-3-2-4-6-16;;/h2-6,13,18,21H,7-12,14-15H2,1H3,(H,22,23);2*1H. The van der Waals surface area contributed by atoms with Crippen molar-refractivity contribution in [3.8, 4) is 11.3 Å². The lowest BCUT2D eigenvalue weighted by molar-refractivity contribution is -0.119. The van der Waals surface area contributed by atoms with Gasteiger partial charge in [-0.25, -0.2) is 0 Å². The lowest BCUT2D eigenvalue weighted by atomic mass is 9.82. The molecule has 0 amide bonds. The third kappa shape index (κ3) is 5.24. The second-order valence-corrected chi connectivity index (χ2v) is 7.49. The van der Waals surface area contributed by atoms with Gasteiger partial charge in [-0.1, -0.05) is 30.3 Å². The fourth-order valence-electron chi connectivity index (χ4n) is 4.21. The lowest BCUT2D eigenvalue weighted by Gasteiger charge is -2.46. The van der Waals surface area contributed by atoms with Crippen molar-refractivity contribution >= 4 is 24.8 Å². The first kappa shape index (κ1) is 22.2. The molecule has 2 aliphatic heterocycles. The highest BCUT2D eigenvalue weighted by atomic mass is 35.5. The van der Waals surface area contributed by atoms with Crippen LogP contribution in [0.2, 0.25) is 0 Å². The van der Waals surface area contributed by atoms with Gasteiger partial charge in [-0.3, -0.25) is 10.00 Å². The summed E-state index contributed by atoms with van der Waals surface area (Å²) in [7, 11) is 2.23. The van der Waals surface area contributed by atoms with Gasteiger partial charge in [0.15, 0.2) is 0 Å². The van der Waals surface area contributed by atoms with Crippen LogP contribution in [0.25, 0.3) is 11.3 Å². The molecule has 0 bridgehead atoms. The highest BCUT2D eigenvalue weighted by molar-refractivity contribution is 5.85. The third-order valence-corrected chi connectivity index (χ3v) is 5.73. The smallest absolute Gasteiger partial charge is 0.0924 e. The first-order valence-corrected chi connectivity index (χ1v) is 9.39. The van der Waals surface area contributed by atoms with E-state index in [0.717, 1.165) is 63.2 Å². The highest BCUT2D eigenvalue weighted by Crippen LogP contribution is 2.35. The van der Waals surface area contributed by atoms with E-state index in [1.165, 1.54) is 5.69 Å². The van der Waals surface area contributed by atoms with Crippen molar-refractivity contribution in [3.63, 3.8) is 0 Å². The molecule has 1 aromatic carbocycles. The molecule has 5 nitrogen and oxygen atoms in total. The summed E-state index contributed by atoms with van der Waals surface area (Å²) in [4.78, 5) is 2.47. The van der Waals surface area contributed by atoms with Crippen molar-refractivity contribution in [1.29, 1.82) is 0 Å². The van der Waals surface area contributed by atoms with Crippen molar-refractivity contribution in [3.05, 3.63) is 42.1 Å². The van der Waals surface area contributed by atoms with E-state index in [4.69, 9.17) is 4.74 Å². The number of aromatic nitrogens is 2. The van der Waals surface area contributed by atoms with Gasteiger partial charge < -0.3 is 10.1 Å². The number of hydrogen-bond donors (Lipinski definition) is 2. The Labute approximate surface area is 174 Å². The Morgan fingerprint density at radius 2 is 1.93 bits per heavy atom. The van der Waals surface area contributed by atoms with E-state index in [9.17, 15) is 0 Å². The van der Waals surface area contributed by atoms with Gasteiger partial charge in [-0.2, -0.15) is 5.10 Å². The number of H-pyrrole nitrogens is 1. The van der Waals surface area contributed by atoms with E-state index in [2.05, 4.69) is 57.8 Å². The zero-order valence-corrected chi connectivity index (χ0v) is 17.5. The summed E-state index contributed by atoms with van der Waals surface area (Å²) >= 11 is 0. The van der Waals surface area contributed by atoms with Crippen LogP contribution >= 0.6 is 24.8 Å². The minimum absolute atomic E-state index is 0. The van der Waals surface area contributed by atoms with Gasteiger partial charge >= 0.3 is 0 Å². The van der Waals surface area contributed by atoms with Gasteiger partial charge in [0, 0.05) is 30.5 Å². The molecule has 1 atom stereocenters. The molecule has 1 aromatic heterocycles. The molecular formula is C20H30Cl2N4O. The molecule has 2 saturated heterocycles. The maximum Gasteiger partial charge on any atom is 0.0924 e. The molecule has 3 heterocycles. The van der Waals surface area contributed by atoms with E-state index >= 15 is 0 Å². The molecule has 150 valence electrons. The van der Waals surface area contributed by atoms with E-state index in [1.54, 1.807) is 0 Å². The Balaban J connectivity index is 0.00000131. The lowest BCUT2D eigenvalue weighted by Crippen LogP contribution is -2.52. The first-order valence-electron chi connectivity index (χ1n) is 9.39. The Morgan fingerprint density at radius 1 is 1.19 bits per heavy atom. The Bertz CT molecular complexity index is 683. The number of ether oxygens (including phenoxy) is 1. The van der Waals surface area contributed by atoms with Crippen LogP contribution in [0.15, 0.2) is 36.4 Å². The zero-order valence-electron chi connectivity index (χ0n) is 15.8. The van der Waals surface area contributed by atoms with Gasteiger partial charge in [-0.15, -0.1) is 24.8 Å². The summed E-state index contributed by atoms with van der Waals surface area (Å²) in [5.74, 6) is 0. The summed E-state index contributed by atoms with van der Waals surface area (Å²) in [5.41, 5.74) is 3.45. The molecule has 4 rings (SSSR count). The molecular weight excluding hydrogens is 383 g/mol. The van der Waals surface area contributed by atoms with Gasteiger partial charge in [-0.05, 0) is 51.9 Å². The predicted molar refractivity (Wildman–Crippen MR) is 114 cm³/mol. The largest absolute Gasteiger partial charge is 0.375 e. The summed E-state index contributed by atoms with van der Waals surface area (Å²) in [6.07, 6.45) is 4.54. The number of nitrogens with one attached hydrogen (secondary N) is 2. The summed E-state index contributed by atoms with van der Waals surface area (Å²) in [6.45, 7) is 3.95. The molecule has 1 spiro atoms. The SMILES string of the molecule is CN(Cc1cc(-c2ccccc2)n[nH]1)C1CCOC2(CCNCC2)C1.Cl.Cl. The fraction of sp³-hybridized carbons (Fsp3) is 0.550. The number of nitrogens with zero attached hydrogens (tertiary/aromatic N) is 2. The number of hydrogen-bond acceptors (Lipinski definition) is 4. The fourth-order valence-corrected chi connectivity index (χ4v) is 4.21. The van der Waals surface area contributed by atoms with Crippen LogP contribution in [0.3, 0.4) is 0 Å². The second-order valence-electron chi connectivity index (χ2n) is 7.49. The van der Waals surface area contributed by atoms with Crippen LogP contribution in [0, 0.1) is 0 Å². The quantitative estimate of drug-likeness (QED) is 0.804. The van der Waals surface area contributed by atoms with E-state index in [1.807, 2.05) is 6.07 Å². The summed E-state index contributed by atoms with van der Waals surface area (Å²) in [5, 5.41) is 11.1. The average molecular weight is 413 g/mol. The average Bonchev–Trinajstić information content (AvgIpc) is 3.12. The minimum Gasteiger partial charge on any atom is -0.375 e. The first-order chi connectivity index (χ1) is 12.2. The predicted octanol–water partition coefficient (Wildman–Crippen LogP) is 3.65. The van der Waals surface area contributed by atoms with Crippen LogP contribution < -0.4 is 5.32 Å². The van der Waals surface area contributed by atoms with E-state index < -0.39 is 0 Å². The zero-order chi connectivity index (χ0) is 17.1. The maximum absolute atomic E-state index is 6.21. The van der Waals surface area contributed by atoms with Crippen molar-refractivity contribution in [2.24, 2.45) is 0 Å². The van der Waals surface area contributed by atoms with Crippen molar-refractivity contribution in [2.75, 3.05) is 26.7 Å². The normalized spacial score (nSPS) is 21.5. The molecule has 2 fully saturated rings. The summed E-state index contributed by atoms with van der Waals surface area (Å²) in [6, 6.07) is 13.1. The monoisotopic (exact) mass is 412 g/mol. The second kappa shape index (κ2) is 9.89. The van der Waals surface area contributed by atoms with Crippen LogP contribution in [0.4, 0.5) is 0 Å². The number of benzene rings is 1. The van der Waals surface area contributed by atoms with E-state index in [0.29, 0.717) is 6.04 Å². The molecule has 7 heteroatoms. The van der Waals surface area contributed by atoms with Crippen molar-refractivity contribution < 1.29 is 4.74 Å². The molecule has 2 N–H and O–H groups in total. The van der Waals surface area contributed by atoms with Gasteiger partial charge in [0.25, 0.3) is 0 Å². The number of aromatic amines is 1. The molecule has 27 heavy (non-hydrogen) atoms. The molecule has 0 aliphatic carbocycles. The maximum atomic E-state index is 6.21. The summed E-state index contributed by atoms with van der Waals surface area (Å²) < 4.78 is 6.21. The van der Waals surface area contributed by atoms with Crippen molar-refractivity contribution in [1.82, 2.24) is 20.4 Å². The number of piperidine rings is 1. The Hall–Kier alpha value is -1.11. The molecule has 1 unspecified atom stereocenters. The Morgan fingerprint density at radius 3 is 2.67 bits per heavy atom.